The van der Waals surface area contributed by atoms with Crippen molar-refractivity contribution in [2.45, 2.75) is 6.61 Å². The van der Waals surface area contributed by atoms with Crippen molar-refractivity contribution in [3.8, 4) is 17.3 Å². The summed E-state index contributed by atoms with van der Waals surface area (Å²) in [5.74, 6) is 0.550. The number of anilines is 1. The number of fused-ring (bicyclic) bond motifs is 1. The van der Waals surface area contributed by atoms with E-state index in [1.807, 2.05) is 0 Å². The van der Waals surface area contributed by atoms with E-state index < -0.39 is 6.61 Å². The van der Waals surface area contributed by atoms with Crippen LogP contribution in [0.3, 0.4) is 0 Å². The number of imidazole rings is 1. The highest BCUT2D eigenvalue weighted by Crippen LogP contribution is 2.25. The summed E-state index contributed by atoms with van der Waals surface area (Å²) in [5.41, 5.74) is 7.90. The number of halogens is 2. The smallest absolute Gasteiger partial charge is 0.387 e. The van der Waals surface area contributed by atoms with Gasteiger partial charge in [0.15, 0.2) is 5.82 Å². The van der Waals surface area contributed by atoms with E-state index in [9.17, 15) is 8.78 Å². The molecule has 0 unspecified atom stereocenters. The zero-order valence-corrected chi connectivity index (χ0v) is 9.52. The average Bonchev–Trinajstić information content (AvgIpc) is 2.93. The Balaban J connectivity index is 2.04. The molecule has 0 saturated carbocycles. The lowest BCUT2D eigenvalue weighted by Crippen LogP contribution is -2.01. The Kier molecular flexibility index (Phi) is 2.55. The summed E-state index contributed by atoms with van der Waals surface area (Å²) >= 11 is 0. The number of H-pyrrole nitrogens is 2. The number of nitrogens with one attached hydrogen (secondary N) is 2. The van der Waals surface area contributed by atoms with Gasteiger partial charge < -0.3 is 15.5 Å². The lowest BCUT2D eigenvalue weighted by atomic mass is 10.3. The molecule has 0 bridgehead atoms. The summed E-state index contributed by atoms with van der Waals surface area (Å²) in [6.07, 6.45) is 1.47. The number of benzene rings is 1. The summed E-state index contributed by atoms with van der Waals surface area (Å²) < 4.78 is 28.6. The van der Waals surface area contributed by atoms with Gasteiger partial charge in [-0.1, -0.05) is 0 Å². The number of hydrogen-bond donors (Lipinski definition) is 3. The number of nitrogens with two attached hydrogens (primary N) is 1. The van der Waals surface area contributed by atoms with E-state index in [-0.39, 0.29) is 5.75 Å². The van der Waals surface area contributed by atoms with Gasteiger partial charge in [-0.05, 0) is 12.1 Å². The molecule has 0 atom stereocenters. The second kappa shape index (κ2) is 4.23. The van der Waals surface area contributed by atoms with Crippen molar-refractivity contribution >= 4 is 16.7 Å². The van der Waals surface area contributed by atoms with Crippen molar-refractivity contribution in [1.82, 2.24) is 20.2 Å². The predicted octanol–water partition coefficient (Wildman–Crippen LogP) is 2.14. The molecule has 1 aromatic carbocycles. The Labute approximate surface area is 105 Å². The fourth-order valence-electron chi connectivity index (χ4n) is 1.77. The maximum atomic E-state index is 12.1. The highest BCUT2D eigenvalue weighted by molar-refractivity contribution is 5.82. The summed E-state index contributed by atoms with van der Waals surface area (Å²) in [6, 6.07) is 4.46. The molecule has 0 saturated heterocycles. The molecule has 19 heavy (non-hydrogen) atoms. The normalized spacial score (nSPS) is 11.3. The minimum absolute atomic E-state index is 0.0651. The van der Waals surface area contributed by atoms with Gasteiger partial charge in [0.2, 0.25) is 0 Å². The van der Waals surface area contributed by atoms with E-state index in [4.69, 9.17) is 5.73 Å². The molecule has 3 rings (SSSR count). The third-order valence-electron chi connectivity index (χ3n) is 2.58. The number of alkyl halides is 2. The van der Waals surface area contributed by atoms with Crippen LogP contribution in [0.4, 0.5) is 14.5 Å². The highest BCUT2D eigenvalue weighted by Gasteiger charge is 2.11. The number of aromatic nitrogens is 4. The van der Waals surface area contributed by atoms with E-state index in [2.05, 4.69) is 24.9 Å². The van der Waals surface area contributed by atoms with Gasteiger partial charge in [-0.25, -0.2) is 4.98 Å². The zero-order valence-electron chi connectivity index (χ0n) is 9.52. The van der Waals surface area contributed by atoms with Crippen LogP contribution in [0.5, 0.6) is 5.75 Å². The Hall–Kier alpha value is -2.64. The first kappa shape index (κ1) is 11.5. The molecule has 4 N–H and O–H groups in total. The average molecular weight is 265 g/mol. The van der Waals surface area contributed by atoms with E-state index in [1.165, 1.54) is 18.3 Å². The standard InChI is InChI=1S/C11H9F2N5O/c12-11(13)19-5-1-2-7-8(3-5)17-10(16-7)9-6(14)4-15-18-9/h1-4,11H,14H2,(H,15,18)(H,16,17). The number of rotatable bonds is 3. The van der Waals surface area contributed by atoms with Crippen molar-refractivity contribution in [1.29, 1.82) is 0 Å². The molecule has 0 amide bonds. The van der Waals surface area contributed by atoms with Crippen molar-refractivity contribution in [3.05, 3.63) is 24.4 Å². The van der Waals surface area contributed by atoms with Crippen LogP contribution in [0.1, 0.15) is 0 Å². The van der Waals surface area contributed by atoms with E-state index in [0.29, 0.717) is 28.2 Å². The molecule has 2 aromatic heterocycles. The zero-order chi connectivity index (χ0) is 13.4. The van der Waals surface area contributed by atoms with Crippen LogP contribution >= 0.6 is 0 Å². The van der Waals surface area contributed by atoms with Gasteiger partial charge in [-0.2, -0.15) is 13.9 Å². The molecule has 0 aliphatic rings. The van der Waals surface area contributed by atoms with Crippen LogP contribution in [-0.2, 0) is 0 Å². The fraction of sp³-hybridized carbons (Fsp3) is 0.0909. The van der Waals surface area contributed by atoms with Crippen molar-refractivity contribution in [2.75, 3.05) is 5.73 Å². The van der Waals surface area contributed by atoms with Crippen LogP contribution < -0.4 is 10.5 Å². The SMILES string of the molecule is Nc1cn[nH]c1-c1nc2ccc(OC(F)F)cc2[nH]1. The monoisotopic (exact) mass is 265 g/mol. The van der Waals surface area contributed by atoms with Crippen molar-refractivity contribution < 1.29 is 13.5 Å². The van der Waals surface area contributed by atoms with Crippen LogP contribution in [0, 0.1) is 0 Å². The largest absolute Gasteiger partial charge is 0.435 e. The molecule has 8 heteroatoms. The molecule has 0 spiro atoms. The quantitative estimate of drug-likeness (QED) is 0.676. The fourth-order valence-corrected chi connectivity index (χ4v) is 1.77. The van der Waals surface area contributed by atoms with Gasteiger partial charge in [0, 0.05) is 6.07 Å². The van der Waals surface area contributed by atoms with Gasteiger partial charge in [0.1, 0.15) is 11.4 Å². The maximum absolute atomic E-state index is 12.1. The van der Waals surface area contributed by atoms with E-state index >= 15 is 0 Å². The lowest BCUT2D eigenvalue weighted by molar-refractivity contribution is -0.0497. The van der Waals surface area contributed by atoms with E-state index in [0.717, 1.165) is 0 Å². The Morgan fingerprint density at radius 1 is 1.32 bits per heavy atom. The molecule has 2 heterocycles. The number of hydrogen-bond acceptors (Lipinski definition) is 4. The number of nitrogen functional groups attached to an aromatic ring is 1. The van der Waals surface area contributed by atoms with Gasteiger partial charge in [-0.15, -0.1) is 0 Å². The molecule has 0 radical (unpaired) electrons. The third kappa shape index (κ3) is 2.07. The number of ether oxygens (including phenoxy) is 1. The molecule has 0 fully saturated rings. The number of nitrogens with zero attached hydrogens (tertiary/aromatic N) is 2. The first-order valence-corrected chi connectivity index (χ1v) is 5.37. The first-order chi connectivity index (χ1) is 9.13. The van der Waals surface area contributed by atoms with Crippen LogP contribution in [0.15, 0.2) is 24.4 Å². The minimum Gasteiger partial charge on any atom is -0.435 e. The van der Waals surface area contributed by atoms with Crippen molar-refractivity contribution in [2.24, 2.45) is 0 Å². The van der Waals surface area contributed by atoms with Gasteiger partial charge in [-0.3, -0.25) is 5.10 Å². The molecule has 0 aliphatic heterocycles. The number of aromatic amines is 2. The first-order valence-electron chi connectivity index (χ1n) is 5.37. The second-order valence-corrected chi connectivity index (χ2v) is 3.84. The van der Waals surface area contributed by atoms with E-state index in [1.54, 1.807) is 6.07 Å². The molecule has 0 aliphatic carbocycles. The molecule has 6 nitrogen and oxygen atoms in total. The Morgan fingerprint density at radius 2 is 2.16 bits per heavy atom. The topological polar surface area (TPSA) is 92.6 Å². The minimum atomic E-state index is -2.86. The molecular weight excluding hydrogens is 256 g/mol. The molecular formula is C11H9F2N5O. The molecule has 98 valence electrons. The Morgan fingerprint density at radius 3 is 2.84 bits per heavy atom. The van der Waals surface area contributed by atoms with Gasteiger partial charge in [0.25, 0.3) is 0 Å². The van der Waals surface area contributed by atoms with Crippen LogP contribution in [0.2, 0.25) is 0 Å². The van der Waals surface area contributed by atoms with Gasteiger partial charge in [0.05, 0.1) is 22.9 Å². The van der Waals surface area contributed by atoms with Crippen LogP contribution in [-0.4, -0.2) is 26.8 Å². The summed E-state index contributed by atoms with van der Waals surface area (Å²) in [6.45, 7) is -2.86. The van der Waals surface area contributed by atoms with Gasteiger partial charge >= 0.3 is 6.61 Å². The van der Waals surface area contributed by atoms with Crippen molar-refractivity contribution in [3.63, 3.8) is 0 Å². The van der Waals surface area contributed by atoms with Crippen LogP contribution in [0.25, 0.3) is 22.6 Å². The third-order valence-corrected chi connectivity index (χ3v) is 2.58. The summed E-state index contributed by atoms with van der Waals surface area (Å²) in [4.78, 5) is 7.25. The highest BCUT2D eigenvalue weighted by atomic mass is 19.3. The Bertz CT molecular complexity index is 721. The second-order valence-electron chi connectivity index (χ2n) is 3.84. The predicted molar refractivity (Wildman–Crippen MR) is 64.7 cm³/mol. The summed E-state index contributed by atoms with van der Waals surface area (Å²) in [5, 5.41) is 6.50. The molecule has 3 aromatic rings. The lowest BCUT2D eigenvalue weighted by Gasteiger charge is -2.02. The summed E-state index contributed by atoms with van der Waals surface area (Å²) in [7, 11) is 0. The maximum Gasteiger partial charge on any atom is 0.387 e.